The predicted molar refractivity (Wildman–Crippen MR) is 267 cm³/mol. The number of carbonyl (C=O) groups excluding carboxylic acids is 3. The van der Waals surface area contributed by atoms with Crippen molar-refractivity contribution in [2.24, 2.45) is 0 Å². The molecule has 0 saturated carbocycles. The smallest absolute Gasteiger partial charge is 0.305 e. The molecule has 456 valence electrons. The number of carboxylic acids is 1. The lowest BCUT2D eigenvalue weighted by molar-refractivity contribution is -0.140. The van der Waals surface area contributed by atoms with E-state index in [1.54, 1.807) is 0 Å². The van der Waals surface area contributed by atoms with Crippen molar-refractivity contribution in [3.8, 4) is 0 Å². The van der Waals surface area contributed by atoms with E-state index in [2.05, 4.69) is 5.32 Å². The van der Waals surface area contributed by atoms with Crippen LogP contribution in [-0.4, -0.2) is 331 Å². The number of aliphatic hydroxyl groups excluding tert-OH is 10. The maximum absolute atomic E-state index is 12.7. The fourth-order valence-electron chi connectivity index (χ4n) is 6.32. The molecule has 0 aromatic carbocycles. The number of amides is 1. The lowest BCUT2D eigenvalue weighted by atomic mass is 10.0. The molecule has 0 rings (SSSR count). The lowest BCUT2D eigenvalue weighted by Gasteiger charge is -2.33. The van der Waals surface area contributed by atoms with E-state index in [1.165, 1.54) is 11.8 Å². The minimum atomic E-state index is -1.90. The van der Waals surface area contributed by atoms with Gasteiger partial charge < -0.3 is 118 Å². The highest BCUT2D eigenvalue weighted by Crippen LogP contribution is 2.11. The van der Waals surface area contributed by atoms with Crippen molar-refractivity contribution >= 4 is 23.4 Å². The molecule has 12 N–H and O–H groups in total. The van der Waals surface area contributed by atoms with E-state index in [9.17, 15) is 65.1 Å². The van der Waals surface area contributed by atoms with E-state index in [0.717, 1.165) is 0 Å². The quantitative estimate of drug-likeness (QED) is 0.0252. The Balaban J connectivity index is 3.96. The van der Waals surface area contributed by atoms with Crippen molar-refractivity contribution in [2.75, 3.05) is 191 Å². The number of nitrogens with zero attached hydrogens (tertiary/aromatic N) is 1. The van der Waals surface area contributed by atoms with Crippen LogP contribution in [0.3, 0.4) is 0 Å². The maximum Gasteiger partial charge on any atom is 0.305 e. The van der Waals surface area contributed by atoms with Gasteiger partial charge in [0.2, 0.25) is 5.91 Å². The fraction of sp³-hybridized carbons (Fsp3) is 0.917. The molecule has 0 saturated heterocycles. The molecule has 0 heterocycles. The highest BCUT2D eigenvalue weighted by molar-refractivity contribution is 5.91. The molecule has 29 nitrogen and oxygen atoms in total. The Morgan fingerprint density at radius 2 is 0.701 bits per heavy atom. The van der Waals surface area contributed by atoms with Gasteiger partial charge in [-0.15, -0.1) is 0 Å². The molecule has 0 aliphatic heterocycles. The second kappa shape index (κ2) is 51.5. The first-order chi connectivity index (χ1) is 37.0. The number of carbonyl (C=O) groups is 4. The summed E-state index contributed by atoms with van der Waals surface area (Å²) in [6.07, 6.45) is -14.4. The fourth-order valence-corrected chi connectivity index (χ4v) is 6.32. The summed E-state index contributed by atoms with van der Waals surface area (Å²) in [6.45, 7) is 5.85. The minimum Gasteiger partial charge on any atom is -0.481 e. The third-order valence-electron chi connectivity index (χ3n) is 10.7. The van der Waals surface area contributed by atoms with Gasteiger partial charge in [0.25, 0.3) is 0 Å². The third-order valence-corrected chi connectivity index (χ3v) is 10.7. The van der Waals surface area contributed by atoms with Crippen molar-refractivity contribution in [3.05, 3.63) is 0 Å². The van der Waals surface area contributed by atoms with Crippen molar-refractivity contribution in [3.63, 3.8) is 0 Å². The molecular formula is C48H92N2O27. The Labute approximate surface area is 450 Å². The van der Waals surface area contributed by atoms with Gasteiger partial charge in [-0.2, -0.15) is 0 Å². The largest absolute Gasteiger partial charge is 0.481 e. The summed E-state index contributed by atoms with van der Waals surface area (Å²) >= 11 is 0. The Morgan fingerprint density at radius 3 is 1.03 bits per heavy atom. The van der Waals surface area contributed by atoms with Crippen LogP contribution in [0, 0.1) is 0 Å². The standard InChI is InChI=1S/C48H92N2O27/c1-36(53)4-8-67-12-16-71-20-24-75-28-27-74-23-19-70-15-11-66-7-2-3-38(54)37(31-44(60)61)49-43(59)5-9-68-13-17-72-21-25-76-29-30-77-26-22-73-18-14-69-10-6-50(32-39(55)45(62)47(64)41(57)34-51)33-40(56)46(63)48(65)42(58)35-52/h37,39-42,45-48,51-52,55-58,62-65H,2-35H2,1H3,(H,49,59)(H,60,61)/t37-,39-,40-,41+,42+,45+,46+,47+,48+/m0/s1. The second-order valence-corrected chi connectivity index (χ2v) is 17.2. The summed E-state index contributed by atoms with van der Waals surface area (Å²) in [5.41, 5.74) is 0. The summed E-state index contributed by atoms with van der Waals surface area (Å²) in [7, 11) is 0. The highest BCUT2D eigenvalue weighted by Gasteiger charge is 2.34. The van der Waals surface area contributed by atoms with E-state index >= 15 is 0 Å². The Kier molecular flexibility index (Phi) is 49.7. The van der Waals surface area contributed by atoms with E-state index in [-0.39, 0.29) is 104 Å². The minimum absolute atomic E-state index is 0.00219. The van der Waals surface area contributed by atoms with Gasteiger partial charge in [0.1, 0.15) is 42.4 Å². The number of aliphatic carboxylic acids is 1. The van der Waals surface area contributed by atoms with Crippen molar-refractivity contribution in [1.29, 1.82) is 0 Å². The van der Waals surface area contributed by atoms with Crippen molar-refractivity contribution < 1.29 is 132 Å². The van der Waals surface area contributed by atoms with Crippen molar-refractivity contribution in [1.82, 2.24) is 10.2 Å². The van der Waals surface area contributed by atoms with Crippen LogP contribution in [0.5, 0.6) is 0 Å². The summed E-state index contributed by atoms with van der Waals surface area (Å²) < 4.78 is 65.2. The number of ether oxygens (including phenoxy) is 12. The average molecular weight is 1130 g/mol. The van der Waals surface area contributed by atoms with Gasteiger partial charge in [-0.25, -0.2) is 0 Å². The van der Waals surface area contributed by atoms with E-state index in [1.807, 2.05) is 0 Å². The first-order valence-corrected chi connectivity index (χ1v) is 25.9. The molecule has 77 heavy (non-hydrogen) atoms. The third kappa shape index (κ3) is 43.8. The van der Waals surface area contributed by atoms with Gasteiger partial charge >= 0.3 is 5.97 Å². The first-order valence-electron chi connectivity index (χ1n) is 25.9. The molecule has 1 amide bonds. The van der Waals surface area contributed by atoms with Gasteiger partial charge in [0.05, 0.1) is 190 Å². The number of Topliss-reactive ketones (excluding diaryl/α,β-unsaturated/α-hetero) is 2. The summed E-state index contributed by atoms with van der Waals surface area (Å²) in [5, 5.41) is 110. The van der Waals surface area contributed by atoms with Crippen LogP contribution in [0.15, 0.2) is 0 Å². The second-order valence-electron chi connectivity index (χ2n) is 17.2. The number of ketones is 2. The van der Waals surface area contributed by atoms with E-state index < -0.39 is 105 Å². The Morgan fingerprint density at radius 1 is 0.403 bits per heavy atom. The number of aliphatic hydroxyl groups is 10. The average Bonchev–Trinajstić information content (AvgIpc) is 3.40. The molecule has 0 bridgehead atoms. The summed E-state index contributed by atoms with van der Waals surface area (Å²) in [5.74, 6) is -2.09. The van der Waals surface area contributed by atoms with E-state index in [0.29, 0.717) is 92.1 Å². The summed E-state index contributed by atoms with van der Waals surface area (Å²) in [4.78, 5) is 48.6. The van der Waals surface area contributed by atoms with E-state index in [4.69, 9.17) is 67.1 Å². The Bertz CT molecular complexity index is 1380. The number of carboxylic acid groups (broad SMARTS) is 1. The van der Waals surface area contributed by atoms with Gasteiger partial charge in [0.15, 0.2) is 5.78 Å². The number of hydrogen-bond acceptors (Lipinski definition) is 27. The predicted octanol–water partition coefficient (Wildman–Crippen LogP) is -5.96. The SMILES string of the molecule is CC(=O)CCOCCOCCOCCOCCOCCOCCCC(=O)[C@H](CC(=O)O)NC(=O)CCOCCOCCOCCOCCOCCOCCN(C[C@H](O)[C@@H](O)[C@H](O)[C@H](O)CO)C[C@H](O)[C@@H](O)[C@H](O)[C@H](O)CO. The zero-order valence-electron chi connectivity index (χ0n) is 44.6. The molecule has 0 spiro atoms. The van der Waals surface area contributed by atoms with Gasteiger partial charge in [0, 0.05) is 45.5 Å². The topological polar surface area (TPSA) is 417 Å². The molecule has 0 aliphatic carbocycles. The molecule has 0 fully saturated rings. The van der Waals surface area contributed by atoms with Crippen LogP contribution in [-0.2, 0) is 76.0 Å². The maximum atomic E-state index is 12.7. The van der Waals surface area contributed by atoms with Gasteiger partial charge in [-0.1, -0.05) is 0 Å². The normalized spacial score (nSPS) is 15.4. The monoisotopic (exact) mass is 1130 g/mol. The number of rotatable bonds is 59. The van der Waals surface area contributed by atoms with Crippen LogP contribution in [0.25, 0.3) is 0 Å². The van der Waals surface area contributed by atoms with Gasteiger partial charge in [-0.05, 0) is 13.3 Å². The van der Waals surface area contributed by atoms with Crippen molar-refractivity contribution in [2.45, 2.75) is 93.9 Å². The molecule has 29 heteroatoms. The zero-order chi connectivity index (χ0) is 57.3. The van der Waals surface area contributed by atoms with Crippen LogP contribution in [0.2, 0.25) is 0 Å². The van der Waals surface area contributed by atoms with Crippen LogP contribution >= 0.6 is 0 Å². The van der Waals surface area contributed by atoms with Crippen LogP contribution in [0.4, 0.5) is 0 Å². The molecule has 9 atom stereocenters. The molecular weight excluding hydrogens is 1040 g/mol. The number of nitrogens with one attached hydrogen (secondary N) is 1. The molecule has 0 radical (unpaired) electrons. The number of hydrogen-bond donors (Lipinski definition) is 12. The Hall–Kier alpha value is -2.64. The van der Waals surface area contributed by atoms with Gasteiger partial charge in [-0.3, -0.25) is 24.1 Å². The summed E-state index contributed by atoms with van der Waals surface area (Å²) in [6, 6.07) is -1.18. The molecule has 0 aromatic heterocycles. The highest BCUT2D eigenvalue weighted by atomic mass is 16.6. The lowest BCUT2D eigenvalue weighted by Crippen LogP contribution is -2.53. The molecule has 0 aliphatic rings. The molecule has 0 aromatic rings. The molecule has 0 unspecified atom stereocenters. The first kappa shape index (κ1) is 74.4. The van der Waals surface area contributed by atoms with Crippen LogP contribution in [0.1, 0.15) is 39.0 Å². The van der Waals surface area contributed by atoms with Crippen LogP contribution < -0.4 is 5.32 Å². The zero-order valence-corrected chi connectivity index (χ0v) is 44.6.